The summed E-state index contributed by atoms with van der Waals surface area (Å²) in [7, 11) is 0. The molecule has 0 bridgehead atoms. The topological polar surface area (TPSA) is 77.2 Å². The second-order valence-corrected chi connectivity index (χ2v) is 6.21. The molecule has 0 aliphatic carbocycles. The number of aryl methyl sites for hydroxylation is 2. The molecule has 2 aromatic carbocycles. The largest absolute Gasteiger partial charge is 0.367 e. The van der Waals surface area contributed by atoms with Crippen LogP contribution < -0.4 is 27.0 Å². The van der Waals surface area contributed by atoms with Crippen LogP contribution >= 0.6 is 0 Å². The molecule has 5 N–H and O–H groups in total. The molecule has 1 fully saturated rings. The summed E-state index contributed by atoms with van der Waals surface area (Å²) in [4.78, 5) is 12.5. The predicted molar refractivity (Wildman–Crippen MR) is 99.5 cm³/mol. The first-order chi connectivity index (χ1) is 12.2. The fraction of sp³-hybridized carbons (Fsp3) is 0.316. The molecule has 1 aliphatic rings. The average molecular weight is 339 g/mol. The van der Waals surface area contributed by atoms with E-state index >= 15 is 0 Å². The van der Waals surface area contributed by atoms with Crippen LogP contribution in [0.1, 0.15) is 23.6 Å². The van der Waals surface area contributed by atoms with Gasteiger partial charge in [0.15, 0.2) is 0 Å². The summed E-state index contributed by atoms with van der Waals surface area (Å²) < 4.78 is 0. The van der Waals surface area contributed by atoms with Crippen LogP contribution in [-0.2, 0) is 17.8 Å². The van der Waals surface area contributed by atoms with Gasteiger partial charge in [-0.3, -0.25) is 4.79 Å². The first-order valence-corrected chi connectivity index (χ1v) is 8.61. The van der Waals surface area contributed by atoms with Gasteiger partial charge in [-0.25, -0.2) is 10.9 Å². The normalized spacial score (nSPS) is 19.6. The van der Waals surface area contributed by atoms with E-state index in [2.05, 4.69) is 46.1 Å². The lowest BCUT2D eigenvalue weighted by atomic mass is 10.1. The van der Waals surface area contributed by atoms with E-state index in [1.807, 2.05) is 43.3 Å². The third-order valence-electron chi connectivity index (χ3n) is 4.47. The lowest BCUT2D eigenvalue weighted by molar-refractivity contribution is -0.123. The highest BCUT2D eigenvalue weighted by atomic mass is 16.2. The lowest BCUT2D eigenvalue weighted by Crippen LogP contribution is -2.50. The molecule has 1 saturated heterocycles. The van der Waals surface area contributed by atoms with E-state index in [4.69, 9.17) is 0 Å². The molecule has 1 amide bonds. The minimum atomic E-state index is -0.421. The van der Waals surface area contributed by atoms with E-state index < -0.39 is 6.04 Å². The van der Waals surface area contributed by atoms with E-state index in [9.17, 15) is 4.79 Å². The lowest BCUT2D eigenvalue weighted by Gasteiger charge is -2.20. The number of hydrogen-bond acceptors (Lipinski definition) is 5. The second-order valence-electron chi connectivity index (χ2n) is 6.21. The summed E-state index contributed by atoms with van der Waals surface area (Å²) in [6.07, 6.45) is 0.763. The smallest absolute Gasteiger partial charge is 0.242 e. The summed E-state index contributed by atoms with van der Waals surface area (Å²) >= 11 is 0. The number of rotatable bonds is 6. The number of anilines is 1. The molecule has 2 aromatic rings. The van der Waals surface area contributed by atoms with Crippen molar-refractivity contribution >= 4 is 11.6 Å². The molecule has 3 rings (SSSR count). The van der Waals surface area contributed by atoms with Gasteiger partial charge in [0, 0.05) is 12.2 Å². The Hall–Kier alpha value is -2.41. The molecule has 2 unspecified atom stereocenters. The molecule has 132 valence electrons. The number of amides is 1. The standard InChI is InChI=1S/C19H25N5O/c1-3-14-8-10-16(11-9-14)21-18-17(22-24-23-18)19(25)20-12-15-7-5-4-6-13(15)2/h4-11,17-18,21-24H,3,12H2,1-2H3,(H,20,25). The Kier molecular flexibility index (Phi) is 5.65. The first-order valence-electron chi connectivity index (χ1n) is 8.61. The maximum absolute atomic E-state index is 12.5. The number of carbonyl (C=O) groups is 1. The summed E-state index contributed by atoms with van der Waals surface area (Å²) in [6.45, 7) is 4.69. The Labute approximate surface area is 148 Å². The first kappa shape index (κ1) is 17.4. The highest BCUT2D eigenvalue weighted by Crippen LogP contribution is 2.13. The molecular formula is C19H25N5O. The molecule has 1 aliphatic heterocycles. The van der Waals surface area contributed by atoms with Crippen LogP contribution in [0.2, 0.25) is 0 Å². The van der Waals surface area contributed by atoms with Gasteiger partial charge >= 0.3 is 0 Å². The number of carbonyl (C=O) groups excluding carboxylic acids is 1. The highest BCUT2D eigenvalue weighted by Gasteiger charge is 2.32. The summed E-state index contributed by atoms with van der Waals surface area (Å²) in [5.74, 6) is -0.0663. The Morgan fingerprint density at radius 3 is 2.56 bits per heavy atom. The minimum Gasteiger partial charge on any atom is -0.367 e. The zero-order valence-corrected chi connectivity index (χ0v) is 14.6. The van der Waals surface area contributed by atoms with Gasteiger partial charge in [-0.2, -0.15) is 5.53 Å². The zero-order chi connectivity index (χ0) is 17.6. The number of benzene rings is 2. The van der Waals surface area contributed by atoms with Crippen LogP contribution in [0, 0.1) is 6.92 Å². The van der Waals surface area contributed by atoms with Crippen molar-refractivity contribution in [3.63, 3.8) is 0 Å². The van der Waals surface area contributed by atoms with Gasteiger partial charge < -0.3 is 10.6 Å². The van der Waals surface area contributed by atoms with Crippen LogP contribution in [0.3, 0.4) is 0 Å². The quantitative estimate of drug-likeness (QED) is 0.553. The molecule has 6 nitrogen and oxygen atoms in total. The van der Waals surface area contributed by atoms with Crippen molar-refractivity contribution in [2.24, 2.45) is 0 Å². The molecule has 0 aromatic heterocycles. The van der Waals surface area contributed by atoms with Crippen molar-refractivity contribution in [1.29, 1.82) is 0 Å². The summed E-state index contributed by atoms with van der Waals surface area (Å²) in [6, 6.07) is 15.9. The van der Waals surface area contributed by atoms with Gasteiger partial charge in [0.1, 0.15) is 12.2 Å². The molecular weight excluding hydrogens is 314 g/mol. The molecule has 6 heteroatoms. The Morgan fingerprint density at radius 2 is 1.84 bits per heavy atom. The zero-order valence-electron chi connectivity index (χ0n) is 14.6. The maximum Gasteiger partial charge on any atom is 0.242 e. The summed E-state index contributed by atoms with van der Waals surface area (Å²) in [5, 5.41) is 6.33. The van der Waals surface area contributed by atoms with Crippen LogP contribution in [-0.4, -0.2) is 18.1 Å². The average Bonchev–Trinajstić information content (AvgIpc) is 3.09. The molecule has 0 spiro atoms. The third kappa shape index (κ3) is 4.36. The van der Waals surface area contributed by atoms with Crippen molar-refractivity contribution in [2.45, 2.75) is 39.0 Å². The van der Waals surface area contributed by atoms with Crippen LogP contribution in [0.5, 0.6) is 0 Å². The highest BCUT2D eigenvalue weighted by molar-refractivity contribution is 5.83. The van der Waals surface area contributed by atoms with Gasteiger partial charge in [-0.05, 0) is 42.2 Å². The SMILES string of the molecule is CCc1ccc(NC2NNNC2C(=O)NCc2ccccc2C)cc1. The van der Waals surface area contributed by atoms with Crippen molar-refractivity contribution < 1.29 is 4.79 Å². The Morgan fingerprint density at radius 1 is 1.08 bits per heavy atom. The minimum absolute atomic E-state index is 0.0663. The molecule has 0 radical (unpaired) electrons. The van der Waals surface area contributed by atoms with Crippen molar-refractivity contribution in [2.75, 3.05) is 5.32 Å². The molecule has 25 heavy (non-hydrogen) atoms. The molecule has 0 saturated carbocycles. The van der Waals surface area contributed by atoms with Gasteiger partial charge in [-0.15, -0.1) is 0 Å². The second kappa shape index (κ2) is 8.11. The van der Waals surface area contributed by atoms with Gasteiger partial charge in [0.05, 0.1) is 0 Å². The maximum atomic E-state index is 12.5. The van der Waals surface area contributed by atoms with E-state index in [1.54, 1.807) is 0 Å². The summed E-state index contributed by atoms with van der Waals surface area (Å²) in [5.41, 5.74) is 13.4. The fourth-order valence-electron chi connectivity index (χ4n) is 2.82. The van der Waals surface area contributed by atoms with E-state index in [0.717, 1.165) is 17.7 Å². The van der Waals surface area contributed by atoms with Gasteiger partial charge in [0.2, 0.25) is 5.91 Å². The number of nitrogens with one attached hydrogen (secondary N) is 5. The number of hydrogen-bond donors (Lipinski definition) is 5. The Bertz CT molecular complexity index is 716. The Balaban J connectivity index is 1.58. The monoisotopic (exact) mass is 339 g/mol. The third-order valence-corrected chi connectivity index (χ3v) is 4.47. The van der Waals surface area contributed by atoms with Crippen molar-refractivity contribution in [1.82, 2.24) is 21.7 Å². The van der Waals surface area contributed by atoms with Crippen molar-refractivity contribution in [3.8, 4) is 0 Å². The van der Waals surface area contributed by atoms with Crippen LogP contribution in [0.4, 0.5) is 5.69 Å². The van der Waals surface area contributed by atoms with Gasteiger partial charge in [-0.1, -0.05) is 43.3 Å². The van der Waals surface area contributed by atoms with Crippen LogP contribution in [0.15, 0.2) is 48.5 Å². The van der Waals surface area contributed by atoms with E-state index in [-0.39, 0.29) is 12.1 Å². The van der Waals surface area contributed by atoms with E-state index in [1.165, 1.54) is 11.1 Å². The van der Waals surface area contributed by atoms with Crippen LogP contribution in [0.25, 0.3) is 0 Å². The predicted octanol–water partition coefficient (Wildman–Crippen LogP) is 1.59. The van der Waals surface area contributed by atoms with Gasteiger partial charge in [0.25, 0.3) is 0 Å². The fourth-order valence-corrected chi connectivity index (χ4v) is 2.82. The molecule has 2 atom stereocenters. The van der Waals surface area contributed by atoms with E-state index in [0.29, 0.717) is 6.54 Å². The number of hydrazine groups is 2. The molecule has 1 heterocycles. The van der Waals surface area contributed by atoms with Crippen molar-refractivity contribution in [3.05, 3.63) is 65.2 Å².